The number of nitrogen functional groups attached to an aromatic ring is 1. The van der Waals surface area contributed by atoms with Crippen molar-refractivity contribution >= 4 is 39.2 Å². The molecule has 5 nitrogen and oxygen atoms in total. The molecule has 0 atom stereocenters. The monoisotopic (exact) mass is 351 g/mol. The van der Waals surface area contributed by atoms with Crippen LogP contribution in [0.15, 0.2) is 56.7 Å². The van der Waals surface area contributed by atoms with E-state index in [2.05, 4.69) is 15.9 Å². The predicted molar refractivity (Wildman–Crippen MR) is 82.4 cm³/mol. The van der Waals surface area contributed by atoms with Crippen molar-refractivity contribution in [1.82, 2.24) is 0 Å². The molecule has 7 heteroatoms. The van der Waals surface area contributed by atoms with E-state index in [-0.39, 0.29) is 11.5 Å². The minimum absolute atomic E-state index is 0.0204. The van der Waals surface area contributed by atoms with E-state index in [4.69, 9.17) is 11.1 Å². The molecular formula is C13H10BrN3O2S. The fraction of sp³-hybridized carbons (Fsp3) is 0. The molecule has 0 aliphatic rings. The number of halogens is 1. The SMILES string of the molecule is N=C(N)c1ccc(Sc2ccccc2[N+](=O)[O-])c(Br)c1. The third kappa shape index (κ3) is 3.17. The maximum Gasteiger partial charge on any atom is 0.283 e. The molecule has 0 heterocycles. The minimum Gasteiger partial charge on any atom is -0.384 e. The molecule has 102 valence electrons. The van der Waals surface area contributed by atoms with E-state index in [0.717, 1.165) is 9.37 Å². The molecule has 2 rings (SSSR count). The smallest absolute Gasteiger partial charge is 0.283 e. The topological polar surface area (TPSA) is 93.0 Å². The van der Waals surface area contributed by atoms with Crippen LogP contribution >= 0.6 is 27.7 Å². The number of rotatable bonds is 4. The van der Waals surface area contributed by atoms with Gasteiger partial charge >= 0.3 is 0 Å². The number of hydrogen-bond donors (Lipinski definition) is 2. The van der Waals surface area contributed by atoms with Crippen molar-refractivity contribution in [2.24, 2.45) is 5.73 Å². The van der Waals surface area contributed by atoms with Crippen molar-refractivity contribution in [2.75, 3.05) is 0 Å². The maximum absolute atomic E-state index is 11.0. The Balaban J connectivity index is 2.36. The zero-order chi connectivity index (χ0) is 14.7. The number of benzene rings is 2. The minimum atomic E-state index is -0.403. The van der Waals surface area contributed by atoms with Crippen LogP contribution in [0.4, 0.5) is 5.69 Å². The van der Waals surface area contributed by atoms with Crippen LogP contribution in [0.1, 0.15) is 5.56 Å². The van der Waals surface area contributed by atoms with Crippen LogP contribution in [0, 0.1) is 15.5 Å². The van der Waals surface area contributed by atoms with Crippen molar-refractivity contribution in [1.29, 1.82) is 5.41 Å². The lowest BCUT2D eigenvalue weighted by Crippen LogP contribution is -2.10. The van der Waals surface area contributed by atoms with E-state index in [0.29, 0.717) is 10.5 Å². The highest BCUT2D eigenvalue weighted by Crippen LogP contribution is 2.38. The molecule has 2 aromatic rings. The van der Waals surface area contributed by atoms with E-state index >= 15 is 0 Å². The normalized spacial score (nSPS) is 10.2. The third-order valence-corrected chi connectivity index (χ3v) is 4.58. The van der Waals surface area contributed by atoms with E-state index < -0.39 is 4.92 Å². The van der Waals surface area contributed by atoms with Gasteiger partial charge in [-0.25, -0.2) is 0 Å². The Morgan fingerprint density at radius 1 is 1.25 bits per heavy atom. The molecule has 0 unspecified atom stereocenters. The first-order valence-corrected chi connectivity index (χ1v) is 7.15. The highest BCUT2D eigenvalue weighted by atomic mass is 79.9. The highest BCUT2D eigenvalue weighted by Gasteiger charge is 2.15. The van der Waals surface area contributed by atoms with E-state index in [1.165, 1.54) is 17.8 Å². The van der Waals surface area contributed by atoms with Crippen LogP contribution in [0.5, 0.6) is 0 Å². The molecule has 20 heavy (non-hydrogen) atoms. The number of nitrogens with one attached hydrogen (secondary N) is 1. The first-order chi connectivity index (χ1) is 9.49. The van der Waals surface area contributed by atoms with Crippen molar-refractivity contribution in [3.63, 3.8) is 0 Å². The molecule has 2 aromatic carbocycles. The number of amidine groups is 1. The van der Waals surface area contributed by atoms with Crippen LogP contribution < -0.4 is 5.73 Å². The second kappa shape index (κ2) is 6.06. The summed E-state index contributed by atoms with van der Waals surface area (Å²) in [7, 11) is 0. The molecule has 0 saturated carbocycles. The Hall–Kier alpha value is -1.86. The lowest BCUT2D eigenvalue weighted by Gasteiger charge is -2.07. The summed E-state index contributed by atoms with van der Waals surface area (Å²) >= 11 is 4.68. The first kappa shape index (κ1) is 14.5. The maximum atomic E-state index is 11.0. The van der Waals surface area contributed by atoms with Gasteiger partial charge in [0.2, 0.25) is 0 Å². The van der Waals surface area contributed by atoms with Crippen molar-refractivity contribution in [3.05, 3.63) is 62.6 Å². The molecular weight excluding hydrogens is 342 g/mol. The summed E-state index contributed by atoms with van der Waals surface area (Å²) in [6.45, 7) is 0. The zero-order valence-electron chi connectivity index (χ0n) is 10.2. The van der Waals surface area contributed by atoms with E-state index in [1.54, 1.807) is 36.4 Å². The Morgan fingerprint density at radius 2 is 1.95 bits per heavy atom. The van der Waals surface area contributed by atoms with Gasteiger partial charge in [0, 0.05) is 21.0 Å². The van der Waals surface area contributed by atoms with Gasteiger partial charge in [-0.05, 0) is 34.1 Å². The average molecular weight is 352 g/mol. The second-order valence-electron chi connectivity index (χ2n) is 3.89. The number of nitrogens with two attached hydrogens (primary N) is 1. The van der Waals surface area contributed by atoms with Crippen LogP contribution in [0.25, 0.3) is 0 Å². The quantitative estimate of drug-likeness (QED) is 0.379. The molecule has 0 fully saturated rings. The molecule has 0 aliphatic carbocycles. The van der Waals surface area contributed by atoms with E-state index in [1.807, 2.05) is 0 Å². The summed E-state index contributed by atoms with van der Waals surface area (Å²) in [5.41, 5.74) is 6.09. The van der Waals surface area contributed by atoms with Crippen LogP contribution in [-0.4, -0.2) is 10.8 Å². The summed E-state index contributed by atoms with van der Waals surface area (Å²) in [6.07, 6.45) is 0. The average Bonchev–Trinajstić information content (AvgIpc) is 2.41. The summed E-state index contributed by atoms with van der Waals surface area (Å²) in [4.78, 5) is 12.0. The number of nitrogens with zero attached hydrogens (tertiary/aromatic N) is 1. The van der Waals surface area contributed by atoms with Gasteiger partial charge in [0.25, 0.3) is 5.69 Å². The van der Waals surface area contributed by atoms with Gasteiger partial charge in [-0.1, -0.05) is 30.0 Å². The van der Waals surface area contributed by atoms with Gasteiger partial charge in [0.05, 0.1) is 9.82 Å². The van der Waals surface area contributed by atoms with Gasteiger partial charge in [0.1, 0.15) is 5.84 Å². The summed E-state index contributed by atoms with van der Waals surface area (Å²) in [5.74, 6) is -0.0204. The molecule has 0 saturated heterocycles. The standard InChI is InChI=1S/C13H10BrN3O2S/c14-9-7-8(13(15)16)5-6-11(9)20-12-4-2-1-3-10(12)17(18)19/h1-7H,(H3,15,16). The first-order valence-electron chi connectivity index (χ1n) is 5.54. The fourth-order valence-electron chi connectivity index (χ4n) is 1.56. The van der Waals surface area contributed by atoms with Crippen LogP contribution in [0.3, 0.4) is 0 Å². The van der Waals surface area contributed by atoms with Crippen LogP contribution in [0.2, 0.25) is 0 Å². The number of para-hydroxylation sites is 1. The Bertz CT molecular complexity index is 691. The zero-order valence-corrected chi connectivity index (χ0v) is 12.6. The summed E-state index contributed by atoms with van der Waals surface area (Å²) in [6, 6.07) is 11.8. The number of hydrogen-bond acceptors (Lipinski definition) is 4. The van der Waals surface area contributed by atoms with Gasteiger partial charge in [-0.3, -0.25) is 15.5 Å². The Kier molecular flexibility index (Phi) is 4.41. The number of nitro groups is 1. The van der Waals surface area contributed by atoms with Gasteiger partial charge in [0.15, 0.2) is 0 Å². The third-order valence-electron chi connectivity index (χ3n) is 2.52. The Morgan fingerprint density at radius 3 is 2.55 bits per heavy atom. The Labute approximate surface area is 128 Å². The molecule has 0 radical (unpaired) electrons. The number of nitro benzene ring substituents is 1. The second-order valence-corrected chi connectivity index (χ2v) is 5.82. The van der Waals surface area contributed by atoms with Gasteiger partial charge < -0.3 is 5.73 Å². The van der Waals surface area contributed by atoms with Crippen molar-refractivity contribution < 1.29 is 4.92 Å². The fourth-order valence-corrected chi connectivity index (χ4v) is 3.11. The van der Waals surface area contributed by atoms with Gasteiger partial charge in [-0.2, -0.15) is 0 Å². The largest absolute Gasteiger partial charge is 0.384 e. The van der Waals surface area contributed by atoms with E-state index in [9.17, 15) is 10.1 Å². The molecule has 0 aliphatic heterocycles. The van der Waals surface area contributed by atoms with Crippen molar-refractivity contribution in [3.8, 4) is 0 Å². The molecule has 0 aromatic heterocycles. The summed E-state index contributed by atoms with van der Waals surface area (Å²) in [5, 5.41) is 18.4. The van der Waals surface area contributed by atoms with Gasteiger partial charge in [-0.15, -0.1) is 0 Å². The molecule has 0 spiro atoms. The molecule has 3 N–H and O–H groups in total. The molecule has 0 bridgehead atoms. The lowest BCUT2D eigenvalue weighted by molar-refractivity contribution is -0.387. The van der Waals surface area contributed by atoms with Crippen molar-refractivity contribution in [2.45, 2.75) is 9.79 Å². The summed E-state index contributed by atoms with van der Waals surface area (Å²) < 4.78 is 0.744. The lowest BCUT2D eigenvalue weighted by atomic mass is 10.2. The molecule has 0 amide bonds. The predicted octanol–water partition coefficient (Wildman–Crippen LogP) is 3.79. The van der Waals surface area contributed by atoms with Crippen LogP contribution in [-0.2, 0) is 0 Å². The highest BCUT2D eigenvalue weighted by molar-refractivity contribution is 9.10.